The number of rotatable bonds is 8. The van der Waals surface area contributed by atoms with Gasteiger partial charge in [0.05, 0.1) is 13.2 Å². The Kier molecular flexibility index (Phi) is 7.15. The minimum absolute atomic E-state index is 0.167. The number of carbonyl (C=O) groups is 1. The number of hydrogen-bond acceptors (Lipinski definition) is 4. The van der Waals surface area contributed by atoms with E-state index in [9.17, 15) is 4.79 Å². The fourth-order valence-electron chi connectivity index (χ4n) is 2.21. The molecule has 1 atom stereocenters. The average Bonchev–Trinajstić information content (AvgIpc) is 2.44. The van der Waals surface area contributed by atoms with Crippen molar-refractivity contribution in [2.45, 2.75) is 26.3 Å². The molecule has 0 fully saturated rings. The summed E-state index contributed by atoms with van der Waals surface area (Å²) in [4.78, 5) is 13.8. The van der Waals surface area contributed by atoms with E-state index in [2.05, 4.69) is 17.0 Å². The molecular weight excluding hydrogens is 240 g/mol. The second-order valence-electron chi connectivity index (χ2n) is 4.37. The van der Waals surface area contributed by atoms with E-state index in [1.165, 1.54) is 5.56 Å². The van der Waals surface area contributed by atoms with Gasteiger partial charge in [0, 0.05) is 6.04 Å². The quantitative estimate of drug-likeness (QED) is 0.729. The molecule has 1 aromatic carbocycles. The van der Waals surface area contributed by atoms with Crippen molar-refractivity contribution in [3.63, 3.8) is 0 Å². The van der Waals surface area contributed by atoms with E-state index in [-0.39, 0.29) is 12.0 Å². The van der Waals surface area contributed by atoms with E-state index >= 15 is 0 Å². The highest BCUT2D eigenvalue weighted by atomic mass is 16.5. The fourth-order valence-corrected chi connectivity index (χ4v) is 2.21. The standard InChI is InChI=1S/C15H24N2O2/c1-3-17(12-15(18)19-4-2)14(10-11-16)13-8-6-5-7-9-13/h5-9,14H,3-4,10-12,16H2,1-2H3. The van der Waals surface area contributed by atoms with Crippen molar-refractivity contribution in [2.24, 2.45) is 5.73 Å². The molecule has 0 saturated heterocycles. The molecule has 0 heterocycles. The van der Waals surface area contributed by atoms with Gasteiger partial charge in [0.15, 0.2) is 0 Å². The summed E-state index contributed by atoms with van der Waals surface area (Å²) in [6.45, 7) is 5.98. The van der Waals surface area contributed by atoms with Crippen LogP contribution in [-0.4, -0.2) is 37.1 Å². The lowest BCUT2D eigenvalue weighted by atomic mass is 10.0. The second-order valence-corrected chi connectivity index (χ2v) is 4.37. The minimum Gasteiger partial charge on any atom is -0.465 e. The molecule has 0 radical (unpaired) electrons. The van der Waals surface area contributed by atoms with Crippen LogP contribution in [0.15, 0.2) is 30.3 Å². The first kappa shape index (κ1) is 15.7. The van der Waals surface area contributed by atoms with Gasteiger partial charge in [-0.3, -0.25) is 9.69 Å². The van der Waals surface area contributed by atoms with Gasteiger partial charge in [-0.15, -0.1) is 0 Å². The highest BCUT2D eigenvalue weighted by molar-refractivity contribution is 5.71. The molecule has 4 heteroatoms. The maximum Gasteiger partial charge on any atom is 0.320 e. The van der Waals surface area contributed by atoms with Gasteiger partial charge in [-0.25, -0.2) is 0 Å². The Hall–Kier alpha value is -1.39. The van der Waals surface area contributed by atoms with Crippen LogP contribution in [0.5, 0.6) is 0 Å². The summed E-state index contributed by atoms with van der Waals surface area (Å²) in [5, 5.41) is 0. The van der Waals surface area contributed by atoms with Gasteiger partial charge >= 0.3 is 5.97 Å². The molecule has 0 saturated carbocycles. The molecule has 1 rings (SSSR count). The van der Waals surface area contributed by atoms with Crippen molar-refractivity contribution in [2.75, 3.05) is 26.2 Å². The van der Waals surface area contributed by atoms with Crippen molar-refractivity contribution in [3.05, 3.63) is 35.9 Å². The molecule has 0 bridgehead atoms. The summed E-state index contributed by atoms with van der Waals surface area (Å²) >= 11 is 0. The Labute approximate surface area is 115 Å². The topological polar surface area (TPSA) is 55.6 Å². The van der Waals surface area contributed by atoms with E-state index in [4.69, 9.17) is 10.5 Å². The molecule has 0 aliphatic carbocycles. The van der Waals surface area contributed by atoms with Gasteiger partial charge in [0.25, 0.3) is 0 Å². The smallest absolute Gasteiger partial charge is 0.320 e. The van der Waals surface area contributed by atoms with Gasteiger partial charge in [0.2, 0.25) is 0 Å². The number of benzene rings is 1. The number of nitrogens with zero attached hydrogens (tertiary/aromatic N) is 1. The van der Waals surface area contributed by atoms with Crippen molar-refractivity contribution < 1.29 is 9.53 Å². The maximum atomic E-state index is 11.7. The molecule has 106 valence electrons. The summed E-state index contributed by atoms with van der Waals surface area (Å²) < 4.78 is 5.03. The monoisotopic (exact) mass is 264 g/mol. The lowest BCUT2D eigenvalue weighted by Crippen LogP contribution is -2.35. The van der Waals surface area contributed by atoms with Crippen LogP contribution in [0.2, 0.25) is 0 Å². The fraction of sp³-hybridized carbons (Fsp3) is 0.533. The number of ether oxygens (including phenoxy) is 1. The van der Waals surface area contributed by atoms with Crippen molar-refractivity contribution >= 4 is 5.97 Å². The van der Waals surface area contributed by atoms with E-state index in [0.717, 1.165) is 13.0 Å². The Morgan fingerprint density at radius 3 is 2.53 bits per heavy atom. The van der Waals surface area contributed by atoms with Crippen LogP contribution < -0.4 is 5.73 Å². The molecular formula is C15H24N2O2. The van der Waals surface area contributed by atoms with E-state index in [1.54, 1.807) is 0 Å². The number of esters is 1. The molecule has 1 aromatic rings. The predicted molar refractivity (Wildman–Crippen MR) is 76.7 cm³/mol. The Bertz CT molecular complexity index is 368. The lowest BCUT2D eigenvalue weighted by Gasteiger charge is -2.30. The van der Waals surface area contributed by atoms with Crippen molar-refractivity contribution in [1.29, 1.82) is 0 Å². The highest BCUT2D eigenvalue weighted by Gasteiger charge is 2.21. The molecule has 0 aromatic heterocycles. The molecule has 19 heavy (non-hydrogen) atoms. The Morgan fingerprint density at radius 1 is 1.32 bits per heavy atom. The maximum absolute atomic E-state index is 11.7. The number of carbonyl (C=O) groups excluding carboxylic acids is 1. The van der Waals surface area contributed by atoms with E-state index in [0.29, 0.717) is 19.7 Å². The summed E-state index contributed by atoms with van der Waals surface area (Å²) in [6, 6.07) is 10.3. The third-order valence-corrected chi connectivity index (χ3v) is 3.11. The van der Waals surface area contributed by atoms with Gasteiger partial charge in [-0.05, 0) is 32.0 Å². The van der Waals surface area contributed by atoms with Gasteiger partial charge in [0.1, 0.15) is 0 Å². The summed E-state index contributed by atoms with van der Waals surface area (Å²) in [5.74, 6) is -0.178. The normalized spacial score (nSPS) is 12.4. The van der Waals surface area contributed by atoms with Crippen LogP contribution in [0.25, 0.3) is 0 Å². The molecule has 0 aliphatic rings. The first-order valence-electron chi connectivity index (χ1n) is 6.87. The number of nitrogens with two attached hydrogens (primary N) is 1. The highest BCUT2D eigenvalue weighted by Crippen LogP contribution is 2.23. The first-order valence-corrected chi connectivity index (χ1v) is 6.87. The molecule has 2 N–H and O–H groups in total. The van der Waals surface area contributed by atoms with Gasteiger partial charge in [-0.2, -0.15) is 0 Å². The average molecular weight is 264 g/mol. The van der Waals surface area contributed by atoms with Gasteiger partial charge < -0.3 is 10.5 Å². The molecule has 0 aliphatic heterocycles. The minimum atomic E-state index is -0.178. The van der Waals surface area contributed by atoms with Crippen LogP contribution in [0, 0.1) is 0 Å². The summed E-state index contributed by atoms with van der Waals surface area (Å²) in [7, 11) is 0. The largest absolute Gasteiger partial charge is 0.465 e. The van der Waals surface area contributed by atoms with Crippen molar-refractivity contribution in [1.82, 2.24) is 4.90 Å². The summed E-state index contributed by atoms with van der Waals surface area (Å²) in [6.07, 6.45) is 0.831. The molecule has 4 nitrogen and oxygen atoms in total. The Balaban J connectivity index is 2.80. The zero-order valence-corrected chi connectivity index (χ0v) is 11.8. The summed E-state index contributed by atoms with van der Waals surface area (Å²) in [5.41, 5.74) is 6.90. The molecule has 0 spiro atoms. The lowest BCUT2D eigenvalue weighted by molar-refractivity contribution is -0.145. The molecule has 0 amide bonds. The van der Waals surface area contributed by atoms with E-state index < -0.39 is 0 Å². The zero-order chi connectivity index (χ0) is 14.1. The zero-order valence-electron chi connectivity index (χ0n) is 11.8. The Morgan fingerprint density at radius 2 is 2.00 bits per heavy atom. The van der Waals surface area contributed by atoms with Crippen LogP contribution in [0.1, 0.15) is 31.9 Å². The number of likely N-dealkylation sites (N-methyl/N-ethyl adjacent to an activating group) is 1. The SMILES string of the molecule is CCOC(=O)CN(CC)C(CCN)c1ccccc1. The van der Waals surface area contributed by atoms with Crippen LogP contribution >= 0.6 is 0 Å². The van der Waals surface area contributed by atoms with E-state index in [1.807, 2.05) is 32.0 Å². The van der Waals surface area contributed by atoms with Crippen LogP contribution in [-0.2, 0) is 9.53 Å². The van der Waals surface area contributed by atoms with Gasteiger partial charge in [-0.1, -0.05) is 37.3 Å². The second kappa shape index (κ2) is 8.67. The van der Waals surface area contributed by atoms with Crippen LogP contribution in [0.3, 0.4) is 0 Å². The predicted octanol–water partition coefficient (Wildman–Crippen LogP) is 1.96. The third-order valence-electron chi connectivity index (χ3n) is 3.11. The first-order chi connectivity index (χ1) is 9.22. The third kappa shape index (κ3) is 5.01. The van der Waals surface area contributed by atoms with Crippen molar-refractivity contribution in [3.8, 4) is 0 Å². The number of hydrogen-bond donors (Lipinski definition) is 1. The van der Waals surface area contributed by atoms with Crippen LogP contribution in [0.4, 0.5) is 0 Å². The molecule has 1 unspecified atom stereocenters.